The Morgan fingerprint density at radius 2 is 1.08 bits per heavy atom. The zero-order valence-electron chi connectivity index (χ0n) is 21.0. The first-order valence-corrected chi connectivity index (χ1v) is 15.9. The Morgan fingerprint density at radius 3 is 1.77 bits per heavy atom. The van der Waals surface area contributed by atoms with Crippen molar-refractivity contribution in [1.29, 1.82) is 0 Å². The molecule has 0 atom stereocenters. The molecule has 0 saturated heterocycles. The van der Waals surface area contributed by atoms with Crippen LogP contribution in [0.15, 0.2) is 140 Å². The number of nitrogens with zero attached hydrogens (tertiary/aromatic N) is 2. The van der Waals surface area contributed by atoms with E-state index in [1.54, 1.807) is 0 Å². The number of hydrogen-bond donors (Lipinski definition) is 0. The first-order chi connectivity index (χ1) is 19.2. The van der Waals surface area contributed by atoms with Gasteiger partial charge in [0.2, 0.25) is 0 Å². The highest BCUT2D eigenvalue weighted by atomic mass is 32.4. The summed E-state index contributed by atoms with van der Waals surface area (Å²) in [6.07, 6.45) is 0. The molecule has 0 fully saturated rings. The van der Waals surface area contributed by atoms with Crippen molar-refractivity contribution in [2.75, 3.05) is 0 Å². The van der Waals surface area contributed by atoms with Crippen LogP contribution in [0, 0.1) is 0 Å². The summed E-state index contributed by atoms with van der Waals surface area (Å²) in [4.78, 5) is 5.12. The van der Waals surface area contributed by atoms with Crippen molar-refractivity contribution in [1.82, 2.24) is 9.38 Å². The van der Waals surface area contributed by atoms with Gasteiger partial charge in [0, 0.05) is 16.8 Å². The normalized spacial score (nSPS) is 12.2. The molecule has 0 aliphatic rings. The van der Waals surface area contributed by atoms with Crippen molar-refractivity contribution < 1.29 is 0 Å². The van der Waals surface area contributed by atoms with Crippen LogP contribution in [0.5, 0.6) is 0 Å². The summed E-state index contributed by atoms with van der Waals surface area (Å²) in [5.41, 5.74) is 4.25. The lowest BCUT2D eigenvalue weighted by Crippen LogP contribution is -2.24. The zero-order chi connectivity index (χ0) is 26.0. The number of fused-ring (bicyclic) bond motifs is 9. The fraction of sp³-hybridized carbons (Fsp3) is 0. The molecule has 8 aromatic rings. The van der Waals surface area contributed by atoms with E-state index in [9.17, 15) is 0 Å². The maximum Gasteiger partial charge on any atom is 0.146 e. The molecule has 0 N–H and O–H groups in total. The molecule has 0 unspecified atom stereocenters. The molecule has 6 aromatic carbocycles. The van der Waals surface area contributed by atoms with E-state index in [4.69, 9.17) is 16.8 Å². The molecular weight excluding hydrogens is 511 g/mol. The number of rotatable bonds is 3. The highest BCUT2D eigenvalue weighted by Crippen LogP contribution is 2.44. The maximum atomic E-state index is 6.71. The van der Waals surface area contributed by atoms with Crippen LogP contribution >= 0.6 is 6.04 Å². The molecule has 4 heteroatoms. The van der Waals surface area contributed by atoms with Gasteiger partial charge in [0.25, 0.3) is 0 Å². The SMILES string of the molecule is S=P(c1ccccc1)(c1ccccc1)c1ccc2c(c1)c1cc3ccccc3cc1c1nc3ccccc3n21. The largest absolute Gasteiger partial charge is 0.292 e. The molecule has 0 amide bonds. The Bertz CT molecular complexity index is 2210. The molecule has 0 saturated carbocycles. The molecule has 184 valence electrons. The van der Waals surface area contributed by atoms with Gasteiger partial charge in [-0.1, -0.05) is 115 Å². The van der Waals surface area contributed by atoms with Gasteiger partial charge in [-0.15, -0.1) is 0 Å². The number of hydrogen-bond acceptors (Lipinski definition) is 2. The molecule has 2 heterocycles. The van der Waals surface area contributed by atoms with Crippen molar-refractivity contribution in [3.05, 3.63) is 140 Å². The molecule has 8 rings (SSSR count). The Kier molecular flexibility index (Phi) is 5.00. The van der Waals surface area contributed by atoms with Gasteiger partial charge in [0.15, 0.2) is 0 Å². The smallest absolute Gasteiger partial charge is 0.146 e. The van der Waals surface area contributed by atoms with Crippen LogP contribution in [-0.2, 0) is 11.8 Å². The third kappa shape index (κ3) is 3.34. The summed E-state index contributed by atoms with van der Waals surface area (Å²) >= 11 is 6.71. The lowest BCUT2D eigenvalue weighted by atomic mass is 10.0. The third-order valence-electron chi connectivity index (χ3n) is 7.80. The van der Waals surface area contributed by atoms with Crippen molar-refractivity contribution in [2.45, 2.75) is 0 Å². The van der Waals surface area contributed by atoms with Crippen molar-refractivity contribution in [3.63, 3.8) is 0 Å². The minimum Gasteiger partial charge on any atom is -0.292 e. The lowest BCUT2D eigenvalue weighted by molar-refractivity contribution is 1.32. The van der Waals surface area contributed by atoms with Crippen LogP contribution in [0.2, 0.25) is 0 Å². The molecule has 0 aliphatic heterocycles. The van der Waals surface area contributed by atoms with Crippen molar-refractivity contribution >= 4 is 82.9 Å². The summed E-state index contributed by atoms with van der Waals surface area (Å²) < 4.78 is 2.32. The van der Waals surface area contributed by atoms with E-state index in [0.29, 0.717) is 0 Å². The Hall–Kier alpha value is -4.30. The first kappa shape index (κ1) is 22.7. The molecule has 0 radical (unpaired) electrons. The predicted octanol–water partition coefficient (Wildman–Crippen LogP) is 7.70. The van der Waals surface area contributed by atoms with Crippen molar-refractivity contribution in [2.24, 2.45) is 0 Å². The van der Waals surface area contributed by atoms with Gasteiger partial charge < -0.3 is 0 Å². The summed E-state index contributed by atoms with van der Waals surface area (Å²) in [6.45, 7) is 0. The van der Waals surface area contributed by atoms with Crippen LogP contribution in [-0.4, -0.2) is 9.38 Å². The molecule has 2 nitrogen and oxygen atoms in total. The van der Waals surface area contributed by atoms with Gasteiger partial charge in [-0.2, -0.15) is 0 Å². The van der Waals surface area contributed by atoms with Crippen LogP contribution in [0.4, 0.5) is 0 Å². The average Bonchev–Trinajstić information content (AvgIpc) is 3.41. The van der Waals surface area contributed by atoms with E-state index in [1.807, 2.05) is 0 Å². The third-order valence-corrected chi connectivity index (χ3v) is 12.8. The van der Waals surface area contributed by atoms with Crippen LogP contribution in [0.25, 0.3) is 49.1 Å². The fourth-order valence-corrected chi connectivity index (χ4v) is 9.70. The summed E-state index contributed by atoms with van der Waals surface area (Å²) in [5, 5.41) is 9.60. The second kappa shape index (κ2) is 8.61. The van der Waals surface area contributed by atoms with Gasteiger partial charge in [-0.05, 0) is 68.5 Å². The van der Waals surface area contributed by atoms with Gasteiger partial charge >= 0.3 is 0 Å². The minimum atomic E-state index is -2.29. The second-order valence-electron chi connectivity index (χ2n) is 9.99. The summed E-state index contributed by atoms with van der Waals surface area (Å²) in [5.74, 6) is 0. The Balaban J connectivity index is 1.55. The van der Waals surface area contributed by atoms with Crippen molar-refractivity contribution in [3.8, 4) is 0 Å². The summed E-state index contributed by atoms with van der Waals surface area (Å²) in [7, 11) is 0. The maximum absolute atomic E-state index is 6.71. The molecule has 39 heavy (non-hydrogen) atoms. The highest BCUT2D eigenvalue weighted by molar-refractivity contribution is 8.25. The van der Waals surface area contributed by atoms with E-state index >= 15 is 0 Å². The number of aromatic nitrogens is 2. The summed E-state index contributed by atoms with van der Waals surface area (Å²) in [6, 6.07) is 47.5. The van der Waals surface area contributed by atoms with E-state index in [2.05, 4.69) is 144 Å². The number of benzene rings is 6. The zero-order valence-corrected chi connectivity index (χ0v) is 22.7. The molecule has 2 aromatic heterocycles. The van der Waals surface area contributed by atoms with Gasteiger partial charge in [-0.25, -0.2) is 4.98 Å². The Morgan fingerprint density at radius 1 is 0.487 bits per heavy atom. The number of para-hydroxylation sites is 2. The highest BCUT2D eigenvalue weighted by Gasteiger charge is 2.26. The minimum absolute atomic E-state index is 0.989. The first-order valence-electron chi connectivity index (χ1n) is 13.1. The number of imidazole rings is 1. The van der Waals surface area contributed by atoms with Gasteiger partial charge in [0.1, 0.15) is 5.65 Å². The van der Waals surface area contributed by atoms with Crippen LogP contribution in [0.1, 0.15) is 0 Å². The van der Waals surface area contributed by atoms with Gasteiger partial charge in [0.05, 0.1) is 16.6 Å². The molecular formula is C35H23N2PS. The van der Waals surface area contributed by atoms with E-state index in [-0.39, 0.29) is 0 Å². The van der Waals surface area contributed by atoms with Crippen LogP contribution < -0.4 is 15.9 Å². The Labute approximate surface area is 231 Å². The quantitative estimate of drug-likeness (QED) is 0.131. The van der Waals surface area contributed by atoms with E-state index in [1.165, 1.54) is 37.5 Å². The molecule has 0 aliphatic carbocycles. The molecule has 0 bridgehead atoms. The monoisotopic (exact) mass is 534 g/mol. The fourth-order valence-electron chi connectivity index (χ4n) is 5.95. The lowest BCUT2D eigenvalue weighted by Gasteiger charge is -2.25. The van der Waals surface area contributed by atoms with Gasteiger partial charge in [-0.3, -0.25) is 4.40 Å². The average molecular weight is 535 g/mol. The standard InChI is InChI=1S/C35H23N2PS/c39-38(26-13-3-1-4-14-26,27-15-5-2-6-16-27)28-19-20-33-30(23-28)29-21-24-11-7-8-12-25(24)22-31(29)35-36-32-17-9-10-18-34(32)37(33)35/h1-23H. The number of pyridine rings is 1. The van der Waals surface area contributed by atoms with Crippen LogP contribution in [0.3, 0.4) is 0 Å². The van der Waals surface area contributed by atoms with E-state index < -0.39 is 6.04 Å². The predicted molar refractivity (Wildman–Crippen MR) is 171 cm³/mol. The second-order valence-corrected chi connectivity index (χ2v) is 14.4. The molecule has 0 spiro atoms. The van der Waals surface area contributed by atoms with E-state index in [0.717, 1.165) is 27.6 Å². The topological polar surface area (TPSA) is 17.3 Å².